The molecule has 110 valence electrons. The lowest BCUT2D eigenvalue weighted by Crippen LogP contribution is -2.22. The SMILES string of the molecule is Cc1cccc2cc(C(N)=S)c(=NNc3ccccc3)oc12. The van der Waals surface area contributed by atoms with Crippen LogP contribution < -0.4 is 16.7 Å². The van der Waals surface area contributed by atoms with Crippen LogP contribution in [0.2, 0.25) is 0 Å². The highest BCUT2D eigenvalue weighted by molar-refractivity contribution is 7.80. The molecule has 0 unspecified atom stereocenters. The molecule has 0 saturated heterocycles. The molecule has 4 nitrogen and oxygen atoms in total. The molecule has 3 rings (SSSR count). The standard InChI is InChI=1S/C17H15N3OS/c1-11-6-5-7-12-10-14(16(18)22)17(21-15(11)12)20-19-13-8-3-2-4-9-13/h2-10,19H,1H3,(H2,18,22). The van der Waals surface area contributed by atoms with E-state index in [9.17, 15) is 0 Å². The zero-order chi connectivity index (χ0) is 15.5. The molecule has 1 aromatic heterocycles. The van der Waals surface area contributed by atoms with Crippen LogP contribution >= 0.6 is 12.2 Å². The van der Waals surface area contributed by atoms with Gasteiger partial charge in [0.15, 0.2) is 0 Å². The normalized spacial score (nSPS) is 11.6. The fraction of sp³-hybridized carbons (Fsp3) is 0.0588. The molecule has 0 amide bonds. The third-order valence-electron chi connectivity index (χ3n) is 3.30. The van der Waals surface area contributed by atoms with Crippen LogP contribution in [0.3, 0.4) is 0 Å². The number of para-hydroxylation sites is 2. The molecular weight excluding hydrogens is 294 g/mol. The van der Waals surface area contributed by atoms with Crippen molar-refractivity contribution >= 4 is 33.9 Å². The van der Waals surface area contributed by atoms with E-state index in [0.717, 1.165) is 22.2 Å². The molecular formula is C17H15N3OS. The van der Waals surface area contributed by atoms with E-state index >= 15 is 0 Å². The summed E-state index contributed by atoms with van der Waals surface area (Å²) >= 11 is 5.11. The summed E-state index contributed by atoms with van der Waals surface area (Å²) in [6.07, 6.45) is 0. The predicted octanol–water partition coefficient (Wildman–Crippen LogP) is 3.30. The zero-order valence-electron chi connectivity index (χ0n) is 12.0. The number of hydrogen-bond donors (Lipinski definition) is 2. The minimum atomic E-state index is 0.251. The molecule has 0 spiro atoms. The first-order valence-corrected chi connectivity index (χ1v) is 7.24. The number of nitrogens with zero attached hydrogens (tertiary/aromatic N) is 1. The lowest BCUT2D eigenvalue weighted by Gasteiger charge is -2.05. The van der Waals surface area contributed by atoms with E-state index in [4.69, 9.17) is 22.4 Å². The molecule has 0 bridgehead atoms. The molecule has 0 aliphatic rings. The lowest BCUT2D eigenvalue weighted by atomic mass is 10.1. The van der Waals surface area contributed by atoms with Crippen LogP contribution in [0.1, 0.15) is 11.1 Å². The quantitative estimate of drug-likeness (QED) is 0.575. The van der Waals surface area contributed by atoms with Crippen molar-refractivity contribution in [2.24, 2.45) is 10.8 Å². The summed E-state index contributed by atoms with van der Waals surface area (Å²) in [6.45, 7) is 1.99. The summed E-state index contributed by atoms with van der Waals surface area (Å²) in [6, 6.07) is 17.4. The van der Waals surface area contributed by atoms with Crippen LogP contribution in [-0.2, 0) is 0 Å². The van der Waals surface area contributed by atoms with E-state index in [1.54, 1.807) is 0 Å². The van der Waals surface area contributed by atoms with Gasteiger partial charge in [0.05, 0.1) is 11.3 Å². The zero-order valence-corrected chi connectivity index (χ0v) is 12.9. The molecule has 0 aliphatic heterocycles. The average molecular weight is 309 g/mol. The second-order valence-electron chi connectivity index (χ2n) is 4.91. The van der Waals surface area contributed by atoms with Crippen molar-refractivity contribution in [3.05, 3.63) is 71.3 Å². The number of anilines is 1. The molecule has 0 atom stereocenters. The fourth-order valence-corrected chi connectivity index (χ4v) is 2.33. The van der Waals surface area contributed by atoms with Gasteiger partial charge in [-0.05, 0) is 30.7 Å². The number of benzene rings is 2. The Kier molecular flexibility index (Phi) is 3.89. The minimum absolute atomic E-state index is 0.251. The van der Waals surface area contributed by atoms with Gasteiger partial charge in [0.1, 0.15) is 10.6 Å². The van der Waals surface area contributed by atoms with Crippen molar-refractivity contribution in [3.8, 4) is 0 Å². The lowest BCUT2D eigenvalue weighted by molar-refractivity contribution is 0.537. The molecule has 0 saturated carbocycles. The van der Waals surface area contributed by atoms with Gasteiger partial charge in [0.2, 0.25) is 5.55 Å². The van der Waals surface area contributed by atoms with E-state index in [1.165, 1.54) is 0 Å². The molecule has 0 aliphatic carbocycles. The summed E-state index contributed by atoms with van der Waals surface area (Å²) in [5.41, 5.74) is 12.4. The third-order valence-corrected chi connectivity index (χ3v) is 3.52. The highest BCUT2D eigenvalue weighted by Crippen LogP contribution is 2.17. The van der Waals surface area contributed by atoms with Crippen LogP contribution in [0.4, 0.5) is 5.69 Å². The average Bonchev–Trinajstić information content (AvgIpc) is 2.53. The second-order valence-corrected chi connectivity index (χ2v) is 5.35. The molecule has 2 aromatic carbocycles. The van der Waals surface area contributed by atoms with Crippen LogP contribution in [-0.4, -0.2) is 4.99 Å². The van der Waals surface area contributed by atoms with Gasteiger partial charge in [-0.1, -0.05) is 48.6 Å². The Bertz CT molecular complexity index is 901. The number of thiocarbonyl (C=S) groups is 1. The largest absolute Gasteiger partial charge is 0.436 e. The van der Waals surface area contributed by atoms with Crippen molar-refractivity contribution in [2.45, 2.75) is 6.92 Å². The molecule has 22 heavy (non-hydrogen) atoms. The van der Waals surface area contributed by atoms with Crippen molar-refractivity contribution < 1.29 is 4.42 Å². The Hall–Kier alpha value is -2.66. The second kappa shape index (κ2) is 5.99. The Morgan fingerprint density at radius 3 is 2.64 bits per heavy atom. The predicted molar refractivity (Wildman–Crippen MR) is 92.5 cm³/mol. The maximum atomic E-state index is 5.91. The van der Waals surface area contributed by atoms with Gasteiger partial charge in [-0.2, -0.15) is 0 Å². The molecule has 1 heterocycles. The third kappa shape index (κ3) is 2.84. The highest BCUT2D eigenvalue weighted by Gasteiger charge is 2.08. The van der Waals surface area contributed by atoms with Gasteiger partial charge in [-0.3, -0.25) is 5.43 Å². The van der Waals surface area contributed by atoms with Crippen molar-refractivity contribution in [3.63, 3.8) is 0 Å². The van der Waals surface area contributed by atoms with Gasteiger partial charge >= 0.3 is 0 Å². The number of hydrogen-bond acceptors (Lipinski definition) is 4. The first kappa shape index (κ1) is 14.3. The van der Waals surface area contributed by atoms with Crippen LogP contribution in [0, 0.1) is 6.92 Å². The van der Waals surface area contributed by atoms with Crippen molar-refractivity contribution in [1.29, 1.82) is 0 Å². The van der Waals surface area contributed by atoms with Crippen molar-refractivity contribution in [1.82, 2.24) is 0 Å². The fourth-order valence-electron chi connectivity index (χ4n) is 2.18. The molecule has 0 fully saturated rings. The van der Waals surface area contributed by atoms with Gasteiger partial charge in [-0.15, -0.1) is 5.10 Å². The van der Waals surface area contributed by atoms with E-state index in [0.29, 0.717) is 11.1 Å². The summed E-state index contributed by atoms with van der Waals surface area (Å²) < 4.78 is 5.91. The summed E-state index contributed by atoms with van der Waals surface area (Å²) in [5.74, 6) is 0. The number of aryl methyl sites for hydroxylation is 1. The summed E-state index contributed by atoms with van der Waals surface area (Å²) in [5, 5.41) is 5.25. The van der Waals surface area contributed by atoms with E-state index in [1.807, 2.05) is 61.5 Å². The first-order valence-electron chi connectivity index (χ1n) is 6.83. The van der Waals surface area contributed by atoms with Crippen molar-refractivity contribution in [2.75, 3.05) is 5.43 Å². The van der Waals surface area contributed by atoms with E-state index in [2.05, 4.69) is 10.5 Å². The smallest absolute Gasteiger partial charge is 0.246 e. The molecule has 5 heteroatoms. The number of nitrogens with one attached hydrogen (secondary N) is 1. The number of rotatable bonds is 3. The summed E-state index contributed by atoms with van der Waals surface area (Å²) in [7, 11) is 0. The Balaban J connectivity index is 2.16. The van der Waals surface area contributed by atoms with Crippen LogP contribution in [0.15, 0.2) is 64.1 Å². The van der Waals surface area contributed by atoms with Gasteiger partial charge < -0.3 is 10.2 Å². The van der Waals surface area contributed by atoms with E-state index in [-0.39, 0.29) is 4.99 Å². The minimum Gasteiger partial charge on any atom is -0.436 e. The molecule has 3 aromatic rings. The first-order chi connectivity index (χ1) is 10.6. The number of fused-ring (bicyclic) bond motifs is 1. The Labute approximate surface area is 133 Å². The Morgan fingerprint density at radius 2 is 1.91 bits per heavy atom. The molecule has 3 N–H and O–H groups in total. The maximum absolute atomic E-state index is 5.91. The van der Waals surface area contributed by atoms with Gasteiger partial charge in [0.25, 0.3) is 0 Å². The number of nitrogens with two attached hydrogens (primary N) is 1. The maximum Gasteiger partial charge on any atom is 0.246 e. The topological polar surface area (TPSA) is 63.5 Å². The van der Waals surface area contributed by atoms with Gasteiger partial charge in [-0.25, -0.2) is 0 Å². The van der Waals surface area contributed by atoms with Gasteiger partial charge in [0, 0.05) is 5.39 Å². The highest BCUT2D eigenvalue weighted by atomic mass is 32.1. The van der Waals surface area contributed by atoms with E-state index < -0.39 is 0 Å². The molecule has 0 radical (unpaired) electrons. The summed E-state index contributed by atoms with van der Waals surface area (Å²) in [4.78, 5) is 0.251. The van der Waals surface area contributed by atoms with Crippen LogP contribution in [0.5, 0.6) is 0 Å². The Morgan fingerprint density at radius 1 is 1.14 bits per heavy atom. The van der Waals surface area contributed by atoms with Crippen LogP contribution in [0.25, 0.3) is 11.0 Å². The monoisotopic (exact) mass is 309 g/mol.